The molecule has 0 atom stereocenters. The molecule has 0 saturated heterocycles. The summed E-state index contributed by atoms with van der Waals surface area (Å²) in [5.74, 6) is -1.11. The Kier molecular flexibility index (Phi) is 4.39. The van der Waals surface area contributed by atoms with E-state index in [1.165, 1.54) is 0 Å². The van der Waals surface area contributed by atoms with Gasteiger partial charge in [0.2, 0.25) is 0 Å². The minimum atomic E-state index is -4.08. The Labute approximate surface area is 135 Å². The van der Waals surface area contributed by atoms with Crippen LogP contribution in [-0.4, -0.2) is 19.9 Å². The Hall–Kier alpha value is -0.660. The normalized spacial score (nSPS) is 15.9. The minimum Gasteiger partial charge on any atom is -0.347 e. The summed E-state index contributed by atoms with van der Waals surface area (Å²) in [7, 11) is 1.20. The Bertz CT molecular complexity index is 702. The summed E-state index contributed by atoms with van der Waals surface area (Å²) < 4.78 is 36.8. The van der Waals surface area contributed by atoms with Gasteiger partial charge in [-0.1, -0.05) is 0 Å². The monoisotopic (exact) mass is 397 g/mol. The second-order valence-electron chi connectivity index (χ2n) is 5.65. The Balaban J connectivity index is 2.37. The van der Waals surface area contributed by atoms with Gasteiger partial charge >= 0.3 is 0 Å². The molecule has 1 amide bonds. The lowest BCUT2D eigenvalue weighted by atomic mass is 9.98. The molecule has 1 aliphatic carbocycles. The maximum Gasteiger partial charge on any atom is 0.262 e. The van der Waals surface area contributed by atoms with Crippen molar-refractivity contribution in [2.75, 3.05) is 0 Å². The smallest absolute Gasteiger partial charge is 0.262 e. The number of halogens is 3. The molecule has 116 valence electrons. The molecular formula is C13H14BrClFNO3S. The highest BCUT2D eigenvalue weighted by Crippen LogP contribution is 2.39. The molecular weight excluding hydrogens is 385 g/mol. The van der Waals surface area contributed by atoms with Crippen LogP contribution in [0.4, 0.5) is 4.39 Å². The van der Waals surface area contributed by atoms with Crippen molar-refractivity contribution in [1.29, 1.82) is 0 Å². The van der Waals surface area contributed by atoms with E-state index in [-0.39, 0.29) is 14.9 Å². The number of hydrogen-bond donors (Lipinski definition) is 1. The standard InChI is InChI=1S/C13H14BrClFNO3S/c1-13(2,7-3-4-7)17-12(18)8-5-11(21(15,19)20)9(14)6-10(8)16/h5-7H,3-4H2,1-2H3,(H,17,18). The van der Waals surface area contributed by atoms with Gasteiger partial charge in [0.15, 0.2) is 0 Å². The van der Waals surface area contributed by atoms with Gasteiger partial charge in [-0.2, -0.15) is 0 Å². The van der Waals surface area contributed by atoms with E-state index in [0.717, 1.165) is 25.0 Å². The molecule has 1 saturated carbocycles. The van der Waals surface area contributed by atoms with Crippen LogP contribution in [0.25, 0.3) is 0 Å². The number of benzene rings is 1. The van der Waals surface area contributed by atoms with Crippen LogP contribution in [0, 0.1) is 11.7 Å². The fraction of sp³-hybridized carbons (Fsp3) is 0.462. The molecule has 1 aromatic rings. The van der Waals surface area contributed by atoms with Crippen LogP contribution in [0.3, 0.4) is 0 Å². The topological polar surface area (TPSA) is 63.2 Å². The largest absolute Gasteiger partial charge is 0.347 e. The summed E-state index contributed by atoms with van der Waals surface area (Å²) in [5, 5.41) is 2.74. The lowest BCUT2D eigenvalue weighted by molar-refractivity contribution is 0.0899. The molecule has 1 fully saturated rings. The van der Waals surface area contributed by atoms with Gasteiger partial charge in [-0.15, -0.1) is 0 Å². The molecule has 0 radical (unpaired) electrons. The van der Waals surface area contributed by atoms with E-state index >= 15 is 0 Å². The summed E-state index contributed by atoms with van der Waals surface area (Å²) >= 11 is 2.93. The van der Waals surface area contributed by atoms with E-state index in [2.05, 4.69) is 21.2 Å². The average molecular weight is 399 g/mol. The second kappa shape index (κ2) is 5.52. The van der Waals surface area contributed by atoms with E-state index in [1.807, 2.05) is 13.8 Å². The van der Waals surface area contributed by atoms with Gasteiger partial charge < -0.3 is 5.32 Å². The van der Waals surface area contributed by atoms with Crippen LogP contribution in [-0.2, 0) is 9.05 Å². The van der Waals surface area contributed by atoms with E-state index in [9.17, 15) is 17.6 Å². The summed E-state index contributed by atoms with van der Waals surface area (Å²) in [4.78, 5) is 11.9. The summed E-state index contributed by atoms with van der Waals surface area (Å²) in [6.45, 7) is 3.72. The number of hydrogen-bond acceptors (Lipinski definition) is 3. The molecule has 0 heterocycles. The van der Waals surface area contributed by atoms with Crippen molar-refractivity contribution in [3.63, 3.8) is 0 Å². The summed E-state index contributed by atoms with van der Waals surface area (Å²) in [6, 6.07) is 1.87. The van der Waals surface area contributed by atoms with E-state index < -0.39 is 26.3 Å². The number of rotatable bonds is 4. The molecule has 4 nitrogen and oxygen atoms in total. The third kappa shape index (κ3) is 3.76. The molecule has 0 spiro atoms. The van der Waals surface area contributed by atoms with Crippen LogP contribution in [0.1, 0.15) is 37.0 Å². The van der Waals surface area contributed by atoms with Gasteiger partial charge in [-0.3, -0.25) is 4.79 Å². The lowest BCUT2D eigenvalue weighted by Gasteiger charge is -2.26. The Morgan fingerprint density at radius 2 is 2.00 bits per heavy atom. The summed E-state index contributed by atoms with van der Waals surface area (Å²) in [5.41, 5.74) is -0.803. The molecule has 8 heteroatoms. The van der Waals surface area contributed by atoms with E-state index in [0.29, 0.717) is 5.92 Å². The molecule has 0 bridgehead atoms. The highest BCUT2D eigenvalue weighted by atomic mass is 79.9. The van der Waals surface area contributed by atoms with E-state index in [1.54, 1.807) is 0 Å². The predicted octanol–water partition coefficient (Wildman–Crippen LogP) is 3.43. The van der Waals surface area contributed by atoms with Gasteiger partial charge in [-0.25, -0.2) is 12.8 Å². The van der Waals surface area contributed by atoms with Crippen LogP contribution in [0.15, 0.2) is 21.5 Å². The molecule has 2 rings (SSSR count). The Morgan fingerprint density at radius 1 is 1.43 bits per heavy atom. The molecule has 0 aromatic heterocycles. The quantitative estimate of drug-likeness (QED) is 0.790. The van der Waals surface area contributed by atoms with Crippen molar-refractivity contribution in [2.45, 2.75) is 37.1 Å². The van der Waals surface area contributed by atoms with Crippen molar-refractivity contribution in [1.82, 2.24) is 5.32 Å². The first kappa shape index (κ1) is 16.7. The first-order chi connectivity index (χ1) is 9.52. The van der Waals surface area contributed by atoms with Crippen molar-refractivity contribution in [3.8, 4) is 0 Å². The van der Waals surface area contributed by atoms with Gasteiger partial charge in [-0.05, 0) is 60.7 Å². The number of amides is 1. The third-order valence-corrected chi connectivity index (χ3v) is 5.84. The van der Waals surface area contributed by atoms with Crippen LogP contribution in [0.2, 0.25) is 0 Å². The molecule has 0 aliphatic heterocycles. The summed E-state index contributed by atoms with van der Waals surface area (Å²) in [6.07, 6.45) is 2.02. The van der Waals surface area contributed by atoms with Crippen LogP contribution in [0.5, 0.6) is 0 Å². The van der Waals surface area contributed by atoms with Gasteiger partial charge in [0.05, 0.1) is 10.5 Å². The minimum absolute atomic E-state index is 0.0204. The molecule has 1 aromatic carbocycles. The molecule has 21 heavy (non-hydrogen) atoms. The molecule has 0 unspecified atom stereocenters. The third-order valence-electron chi connectivity index (χ3n) is 3.56. The fourth-order valence-corrected chi connectivity index (χ4v) is 4.32. The van der Waals surface area contributed by atoms with Crippen LogP contribution >= 0.6 is 26.6 Å². The van der Waals surface area contributed by atoms with Crippen molar-refractivity contribution >= 4 is 41.6 Å². The zero-order chi connectivity index (χ0) is 16.0. The van der Waals surface area contributed by atoms with Crippen molar-refractivity contribution in [3.05, 3.63) is 28.0 Å². The highest BCUT2D eigenvalue weighted by molar-refractivity contribution is 9.10. The Morgan fingerprint density at radius 3 is 2.48 bits per heavy atom. The maximum absolute atomic E-state index is 13.9. The fourth-order valence-electron chi connectivity index (χ4n) is 2.16. The predicted molar refractivity (Wildman–Crippen MR) is 81.4 cm³/mol. The van der Waals surface area contributed by atoms with Crippen molar-refractivity contribution < 1.29 is 17.6 Å². The number of carbonyl (C=O) groups is 1. The first-order valence-corrected chi connectivity index (χ1v) is 9.39. The number of carbonyl (C=O) groups excluding carboxylic acids is 1. The van der Waals surface area contributed by atoms with Gasteiger partial charge in [0.25, 0.3) is 15.0 Å². The zero-order valence-electron chi connectivity index (χ0n) is 11.4. The van der Waals surface area contributed by atoms with E-state index in [4.69, 9.17) is 10.7 Å². The molecule has 1 N–H and O–H groups in total. The second-order valence-corrected chi connectivity index (χ2v) is 9.04. The maximum atomic E-state index is 13.9. The van der Waals surface area contributed by atoms with Crippen LogP contribution < -0.4 is 5.32 Å². The SMILES string of the molecule is CC(C)(NC(=O)c1cc(S(=O)(=O)Cl)c(Br)cc1F)C1CC1. The van der Waals surface area contributed by atoms with Gasteiger partial charge in [0.1, 0.15) is 5.82 Å². The molecule has 1 aliphatic rings. The zero-order valence-corrected chi connectivity index (χ0v) is 14.6. The highest BCUT2D eigenvalue weighted by Gasteiger charge is 2.39. The number of nitrogens with one attached hydrogen (secondary N) is 1. The van der Waals surface area contributed by atoms with Gasteiger partial charge in [0, 0.05) is 20.7 Å². The first-order valence-electron chi connectivity index (χ1n) is 6.28. The lowest BCUT2D eigenvalue weighted by Crippen LogP contribution is -2.45. The van der Waals surface area contributed by atoms with Crippen molar-refractivity contribution in [2.24, 2.45) is 5.92 Å². The average Bonchev–Trinajstić information content (AvgIpc) is 3.09.